The second-order valence-corrected chi connectivity index (χ2v) is 7.38. The summed E-state index contributed by atoms with van der Waals surface area (Å²) in [6.45, 7) is 4.15. The molecule has 2 aromatic heterocycles. The second kappa shape index (κ2) is 6.97. The van der Waals surface area contributed by atoms with E-state index in [2.05, 4.69) is 20.9 Å². The zero-order valence-corrected chi connectivity index (χ0v) is 15.4. The minimum Gasteiger partial charge on any atom is -0.355 e. The van der Waals surface area contributed by atoms with Gasteiger partial charge < -0.3 is 9.80 Å². The molecule has 0 N–H and O–H groups in total. The fraction of sp³-hybridized carbons (Fsp3) is 0.450. The number of nitriles is 1. The number of anilines is 2. The van der Waals surface area contributed by atoms with Crippen LogP contribution in [0, 0.1) is 24.2 Å². The predicted octanol–water partition coefficient (Wildman–Crippen LogP) is 3.78. The molecule has 2 aromatic rings. The van der Waals surface area contributed by atoms with E-state index in [-0.39, 0.29) is 6.04 Å². The van der Waals surface area contributed by atoms with Gasteiger partial charge in [-0.25, -0.2) is 9.97 Å². The fourth-order valence-corrected chi connectivity index (χ4v) is 4.20. The van der Waals surface area contributed by atoms with Gasteiger partial charge in [0.25, 0.3) is 0 Å². The van der Waals surface area contributed by atoms with E-state index in [1.165, 1.54) is 6.07 Å². The summed E-state index contributed by atoms with van der Waals surface area (Å²) in [7, 11) is 0. The smallest absolute Gasteiger partial charge is 0.355 e. The minimum atomic E-state index is -4.38. The Labute approximate surface area is 161 Å². The molecule has 8 heteroatoms. The van der Waals surface area contributed by atoms with Crippen molar-refractivity contribution in [1.82, 2.24) is 9.97 Å². The highest BCUT2D eigenvalue weighted by Gasteiger charge is 2.40. The third kappa shape index (κ3) is 3.37. The molecule has 0 saturated carbocycles. The standard InChI is InChI=1S/C20H20F3N5/c1-13-2-3-15(10-24)19(26-13)28-9-7-14-6-8-27(12-17(14)28)18-5-4-16(11-25-18)20(21,22)23/h2-5,11,14,17H,6-9,12H2,1H3. The fourth-order valence-electron chi connectivity index (χ4n) is 4.20. The number of alkyl halides is 3. The zero-order chi connectivity index (χ0) is 19.9. The maximum atomic E-state index is 12.8. The maximum Gasteiger partial charge on any atom is 0.417 e. The van der Waals surface area contributed by atoms with Crippen molar-refractivity contribution in [2.24, 2.45) is 5.92 Å². The van der Waals surface area contributed by atoms with E-state index in [9.17, 15) is 18.4 Å². The molecule has 2 aliphatic heterocycles. The number of hydrogen-bond donors (Lipinski definition) is 0. The lowest BCUT2D eigenvalue weighted by Crippen LogP contribution is -2.49. The molecular weight excluding hydrogens is 367 g/mol. The number of hydrogen-bond acceptors (Lipinski definition) is 5. The van der Waals surface area contributed by atoms with Crippen LogP contribution < -0.4 is 9.80 Å². The number of aromatic nitrogens is 2. The van der Waals surface area contributed by atoms with Gasteiger partial charge in [0.1, 0.15) is 17.7 Å². The van der Waals surface area contributed by atoms with Gasteiger partial charge in [0.05, 0.1) is 17.2 Å². The van der Waals surface area contributed by atoms with Gasteiger partial charge in [-0.15, -0.1) is 0 Å². The third-order valence-corrected chi connectivity index (χ3v) is 5.67. The molecule has 0 spiro atoms. The van der Waals surface area contributed by atoms with Gasteiger partial charge in [0, 0.05) is 31.5 Å². The summed E-state index contributed by atoms with van der Waals surface area (Å²) in [5.41, 5.74) is 0.668. The van der Waals surface area contributed by atoms with Crippen molar-refractivity contribution in [2.45, 2.75) is 32.0 Å². The van der Waals surface area contributed by atoms with Crippen molar-refractivity contribution >= 4 is 11.6 Å². The van der Waals surface area contributed by atoms with Gasteiger partial charge in [-0.2, -0.15) is 18.4 Å². The highest BCUT2D eigenvalue weighted by Crippen LogP contribution is 2.37. The number of aryl methyl sites for hydroxylation is 1. The van der Waals surface area contributed by atoms with Gasteiger partial charge in [0.15, 0.2) is 0 Å². The molecule has 2 fully saturated rings. The van der Waals surface area contributed by atoms with E-state index in [4.69, 9.17) is 0 Å². The molecule has 5 nitrogen and oxygen atoms in total. The van der Waals surface area contributed by atoms with Crippen LogP contribution in [-0.4, -0.2) is 35.6 Å². The Hall–Kier alpha value is -2.82. The van der Waals surface area contributed by atoms with E-state index in [0.29, 0.717) is 29.7 Å². The molecule has 0 amide bonds. The molecule has 2 unspecified atom stereocenters. The van der Waals surface area contributed by atoms with Crippen LogP contribution >= 0.6 is 0 Å². The molecule has 0 aromatic carbocycles. The Morgan fingerprint density at radius 2 is 1.93 bits per heavy atom. The Morgan fingerprint density at radius 1 is 1.14 bits per heavy atom. The largest absolute Gasteiger partial charge is 0.417 e. The number of halogens is 3. The molecule has 4 rings (SSSR count). The van der Waals surface area contributed by atoms with Crippen LogP contribution in [0.5, 0.6) is 0 Å². The summed E-state index contributed by atoms with van der Waals surface area (Å²) in [5.74, 6) is 1.74. The molecule has 0 aliphatic carbocycles. The lowest BCUT2D eigenvalue weighted by Gasteiger charge is -2.39. The summed E-state index contributed by atoms with van der Waals surface area (Å²) >= 11 is 0. The molecule has 146 valence electrons. The van der Waals surface area contributed by atoms with Crippen LogP contribution in [0.1, 0.15) is 29.7 Å². The van der Waals surface area contributed by atoms with Crippen LogP contribution in [0.25, 0.3) is 0 Å². The van der Waals surface area contributed by atoms with Crippen LogP contribution in [-0.2, 0) is 6.18 Å². The van der Waals surface area contributed by atoms with E-state index < -0.39 is 11.7 Å². The van der Waals surface area contributed by atoms with Crippen molar-refractivity contribution < 1.29 is 13.2 Å². The van der Waals surface area contributed by atoms with Gasteiger partial charge in [-0.1, -0.05) is 0 Å². The van der Waals surface area contributed by atoms with Crippen molar-refractivity contribution in [3.05, 3.63) is 47.3 Å². The quantitative estimate of drug-likeness (QED) is 0.785. The number of fused-ring (bicyclic) bond motifs is 1. The van der Waals surface area contributed by atoms with Crippen LogP contribution in [0.2, 0.25) is 0 Å². The maximum absolute atomic E-state index is 12.8. The van der Waals surface area contributed by atoms with Gasteiger partial charge >= 0.3 is 6.18 Å². The first-order valence-corrected chi connectivity index (χ1v) is 9.29. The average Bonchev–Trinajstić information content (AvgIpc) is 3.10. The number of nitrogens with zero attached hydrogens (tertiary/aromatic N) is 5. The lowest BCUT2D eigenvalue weighted by molar-refractivity contribution is -0.137. The summed E-state index contributed by atoms with van der Waals surface area (Å²) in [5, 5.41) is 9.46. The highest BCUT2D eigenvalue weighted by molar-refractivity contribution is 5.56. The lowest BCUT2D eigenvalue weighted by atomic mass is 9.92. The first-order chi connectivity index (χ1) is 13.4. The monoisotopic (exact) mass is 387 g/mol. The number of piperidine rings is 1. The van der Waals surface area contributed by atoms with E-state index in [1.807, 2.05) is 17.9 Å². The summed E-state index contributed by atoms with van der Waals surface area (Å²) in [4.78, 5) is 12.9. The first-order valence-electron chi connectivity index (χ1n) is 9.29. The third-order valence-electron chi connectivity index (χ3n) is 5.67. The first kappa shape index (κ1) is 18.5. The van der Waals surface area contributed by atoms with Crippen molar-refractivity contribution in [3.8, 4) is 6.07 Å². The molecule has 2 saturated heterocycles. The Kier molecular flexibility index (Phi) is 4.61. The van der Waals surface area contributed by atoms with Crippen LogP contribution in [0.4, 0.5) is 24.8 Å². The molecular formula is C20H20F3N5. The van der Waals surface area contributed by atoms with Crippen molar-refractivity contribution in [3.63, 3.8) is 0 Å². The van der Waals surface area contributed by atoms with Gasteiger partial charge in [0.2, 0.25) is 0 Å². The van der Waals surface area contributed by atoms with Gasteiger partial charge in [-0.05, 0) is 49.9 Å². The van der Waals surface area contributed by atoms with E-state index in [0.717, 1.165) is 43.9 Å². The van der Waals surface area contributed by atoms with Gasteiger partial charge in [-0.3, -0.25) is 0 Å². The highest BCUT2D eigenvalue weighted by atomic mass is 19.4. The van der Waals surface area contributed by atoms with Crippen LogP contribution in [0.15, 0.2) is 30.5 Å². The molecule has 0 radical (unpaired) electrons. The number of pyridine rings is 2. The van der Waals surface area contributed by atoms with Crippen molar-refractivity contribution in [2.75, 3.05) is 29.4 Å². The summed E-state index contributed by atoms with van der Waals surface area (Å²) in [6.07, 6.45) is -1.52. The molecule has 4 heterocycles. The molecule has 28 heavy (non-hydrogen) atoms. The van der Waals surface area contributed by atoms with Crippen LogP contribution in [0.3, 0.4) is 0 Å². The number of rotatable bonds is 2. The summed E-state index contributed by atoms with van der Waals surface area (Å²) < 4.78 is 38.4. The predicted molar refractivity (Wildman–Crippen MR) is 99.0 cm³/mol. The Morgan fingerprint density at radius 3 is 2.61 bits per heavy atom. The molecule has 0 bridgehead atoms. The molecule has 2 aliphatic rings. The topological polar surface area (TPSA) is 56.1 Å². The molecule has 2 atom stereocenters. The van der Waals surface area contributed by atoms with Crippen molar-refractivity contribution in [1.29, 1.82) is 5.26 Å². The Bertz CT molecular complexity index is 904. The SMILES string of the molecule is Cc1ccc(C#N)c(N2CCC3CCN(c4ccc(C(F)(F)F)cn4)CC32)n1. The van der Waals surface area contributed by atoms with E-state index >= 15 is 0 Å². The van der Waals surface area contributed by atoms with E-state index in [1.54, 1.807) is 6.07 Å². The average molecular weight is 387 g/mol. The summed E-state index contributed by atoms with van der Waals surface area (Å²) in [6, 6.07) is 8.53. The second-order valence-electron chi connectivity index (χ2n) is 7.38. The normalized spacial score (nSPS) is 22.1. The minimum absolute atomic E-state index is 0.166. The Balaban J connectivity index is 1.57. The zero-order valence-electron chi connectivity index (χ0n) is 15.4.